The monoisotopic (exact) mass is 429 g/mol. The molecule has 1 aliphatic rings. The molecule has 166 valence electrons. The molecular formula is C28H35N3O+2. The fourth-order valence-corrected chi connectivity index (χ4v) is 4.64. The summed E-state index contributed by atoms with van der Waals surface area (Å²) in [6.45, 7) is 5.83. The van der Waals surface area contributed by atoms with Gasteiger partial charge in [-0.1, -0.05) is 90.5 Å². The number of likely N-dealkylation sites (tertiary alicyclic amines) is 1. The number of nitrogens with two attached hydrogens (primary N) is 1. The predicted molar refractivity (Wildman–Crippen MR) is 128 cm³/mol. The standard InChI is InChI=1S/C28H33N3O/c1-22-12-14-25(15-13-22)28(24-10-6-3-7-11-24)29-20-27(32)30-26-16-18-31(19-17-26)21-23-8-4-2-5-9-23/h2-15,26,28-29H,16-21H2,1H3,(H,30,32)/p+2/t28-/m1/s1. The first-order chi connectivity index (χ1) is 15.7. The van der Waals surface area contributed by atoms with Gasteiger partial charge < -0.3 is 15.5 Å². The third-order valence-corrected chi connectivity index (χ3v) is 6.49. The number of amides is 1. The minimum atomic E-state index is 0.125. The van der Waals surface area contributed by atoms with Gasteiger partial charge in [0.25, 0.3) is 5.91 Å². The van der Waals surface area contributed by atoms with Crippen molar-refractivity contribution < 1.29 is 15.0 Å². The molecule has 3 aromatic carbocycles. The molecule has 0 radical (unpaired) electrons. The van der Waals surface area contributed by atoms with Crippen LogP contribution in [0, 0.1) is 6.92 Å². The summed E-state index contributed by atoms with van der Waals surface area (Å²) in [6, 6.07) is 30.2. The zero-order chi connectivity index (χ0) is 22.2. The lowest BCUT2D eigenvalue weighted by atomic mass is 9.98. The highest BCUT2D eigenvalue weighted by Crippen LogP contribution is 2.18. The van der Waals surface area contributed by atoms with Gasteiger partial charge in [0.1, 0.15) is 12.6 Å². The van der Waals surface area contributed by atoms with Gasteiger partial charge in [-0.3, -0.25) is 4.79 Å². The van der Waals surface area contributed by atoms with Crippen molar-refractivity contribution in [3.63, 3.8) is 0 Å². The van der Waals surface area contributed by atoms with Crippen LogP contribution in [-0.2, 0) is 11.3 Å². The lowest BCUT2D eigenvalue weighted by Gasteiger charge is -2.29. The Bertz CT molecular complexity index is 965. The van der Waals surface area contributed by atoms with E-state index in [9.17, 15) is 4.79 Å². The topological polar surface area (TPSA) is 50.1 Å². The van der Waals surface area contributed by atoms with Crippen molar-refractivity contribution in [2.75, 3.05) is 19.6 Å². The normalized spacial score (nSPS) is 19.3. The molecule has 32 heavy (non-hydrogen) atoms. The molecule has 4 nitrogen and oxygen atoms in total. The van der Waals surface area contributed by atoms with Crippen LogP contribution in [0.25, 0.3) is 0 Å². The summed E-state index contributed by atoms with van der Waals surface area (Å²) in [7, 11) is 0. The smallest absolute Gasteiger partial charge is 0.275 e. The lowest BCUT2D eigenvalue weighted by Crippen LogP contribution is -3.12. The van der Waals surface area contributed by atoms with Crippen LogP contribution in [0.3, 0.4) is 0 Å². The van der Waals surface area contributed by atoms with Gasteiger partial charge >= 0.3 is 0 Å². The number of hydrogen-bond donors (Lipinski definition) is 3. The van der Waals surface area contributed by atoms with E-state index in [1.165, 1.54) is 22.3 Å². The van der Waals surface area contributed by atoms with Crippen molar-refractivity contribution in [3.8, 4) is 0 Å². The highest BCUT2D eigenvalue weighted by Gasteiger charge is 2.25. The van der Waals surface area contributed by atoms with Gasteiger partial charge in [-0.2, -0.15) is 0 Å². The Morgan fingerprint density at radius 3 is 2.16 bits per heavy atom. The molecule has 0 unspecified atom stereocenters. The van der Waals surface area contributed by atoms with Crippen molar-refractivity contribution in [2.45, 2.75) is 38.4 Å². The van der Waals surface area contributed by atoms with Crippen LogP contribution in [0.1, 0.15) is 41.1 Å². The van der Waals surface area contributed by atoms with E-state index in [1.807, 2.05) is 6.07 Å². The lowest BCUT2D eigenvalue weighted by molar-refractivity contribution is -0.918. The SMILES string of the molecule is Cc1ccc([C@H]([NH2+]CC(=O)NC2CC[NH+](Cc3ccccc3)CC2)c2ccccc2)cc1. The van der Waals surface area contributed by atoms with Crippen LogP contribution in [-0.4, -0.2) is 31.6 Å². The highest BCUT2D eigenvalue weighted by molar-refractivity contribution is 5.77. The Kier molecular flexibility index (Phi) is 7.70. The first kappa shape index (κ1) is 22.3. The molecule has 1 heterocycles. The largest absolute Gasteiger partial charge is 0.348 e. The second kappa shape index (κ2) is 11.1. The molecule has 0 bridgehead atoms. The van der Waals surface area contributed by atoms with Crippen molar-refractivity contribution in [1.82, 2.24) is 5.32 Å². The zero-order valence-electron chi connectivity index (χ0n) is 19.0. The van der Waals surface area contributed by atoms with E-state index in [0.717, 1.165) is 32.5 Å². The summed E-state index contributed by atoms with van der Waals surface area (Å²) >= 11 is 0. The number of piperidine rings is 1. The summed E-state index contributed by atoms with van der Waals surface area (Å²) in [4.78, 5) is 14.4. The van der Waals surface area contributed by atoms with Gasteiger partial charge in [-0.25, -0.2) is 0 Å². The number of aryl methyl sites for hydroxylation is 1. The second-order valence-electron chi connectivity index (χ2n) is 8.99. The average molecular weight is 430 g/mol. The number of hydrogen-bond acceptors (Lipinski definition) is 1. The van der Waals surface area contributed by atoms with Crippen LogP contribution in [0.5, 0.6) is 0 Å². The number of nitrogens with one attached hydrogen (secondary N) is 2. The van der Waals surface area contributed by atoms with Gasteiger partial charge in [-0.15, -0.1) is 0 Å². The van der Waals surface area contributed by atoms with Crippen LogP contribution < -0.4 is 15.5 Å². The van der Waals surface area contributed by atoms with Gasteiger partial charge in [0.05, 0.1) is 13.1 Å². The van der Waals surface area contributed by atoms with Gasteiger partial charge in [0.15, 0.2) is 6.54 Å². The van der Waals surface area contributed by atoms with Gasteiger partial charge in [0.2, 0.25) is 0 Å². The van der Waals surface area contributed by atoms with Crippen LogP contribution in [0.2, 0.25) is 0 Å². The number of quaternary nitrogens is 2. The maximum absolute atomic E-state index is 12.8. The maximum atomic E-state index is 12.8. The predicted octanol–water partition coefficient (Wildman–Crippen LogP) is 2.01. The summed E-state index contributed by atoms with van der Waals surface area (Å²) in [6.07, 6.45) is 2.10. The molecule has 4 rings (SSSR count). The molecule has 1 fully saturated rings. The van der Waals surface area contributed by atoms with Crippen LogP contribution >= 0.6 is 0 Å². The zero-order valence-corrected chi connectivity index (χ0v) is 19.0. The van der Waals surface area contributed by atoms with E-state index in [2.05, 4.69) is 96.4 Å². The molecule has 1 aliphatic heterocycles. The number of benzene rings is 3. The van der Waals surface area contributed by atoms with E-state index in [0.29, 0.717) is 12.6 Å². The van der Waals surface area contributed by atoms with Crippen molar-refractivity contribution in [1.29, 1.82) is 0 Å². The Balaban J connectivity index is 1.28. The van der Waals surface area contributed by atoms with E-state index in [4.69, 9.17) is 0 Å². The molecule has 0 aliphatic carbocycles. The third-order valence-electron chi connectivity index (χ3n) is 6.49. The second-order valence-corrected chi connectivity index (χ2v) is 8.99. The first-order valence-corrected chi connectivity index (χ1v) is 11.8. The van der Waals surface area contributed by atoms with E-state index in [1.54, 1.807) is 4.90 Å². The minimum absolute atomic E-state index is 0.125. The molecule has 0 aromatic heterocycles. The van der Waals surface area contributed by atoms with Gasteiger partial charge in [0, 0.05) is 35.6 Å². The molecule has 1 saturated heterocycles. The van der Waals surface area contributed by atoms with Crippen molar-refractivity contribution in [3.05, 3.63) is 107 Å². The van der Waals surface area contributed by atoms with Crippen LogP contribution in [0.15, 0.2) is 84.9 Å². The fraction of sp³-hybridized carbons (Fsp3) is 0.321. The Labute approximate surface area is 191 Å². The van der Waals surface area contributed by atoms with Crippen LogP contribution in [0.4, 0.5) is 0 Å². The summed E-state index contributed by atoms with van der Waals surface area (Å²) in [5, 5.41) is 5.45. The molecular weight excluding hydrogens is 394 g/mol. The maximum Gasteiger partial charge on any atom is 0.275 e. The average Bonchev–Trinajstić information content (AvgIpc) is 2.83. The first-order valence-electron chi connectivity index (χ1n) is 11.8. The molecule has 0 spiro atoms. The van der Waals surface area contributed by atoms with E-state index in [-0.39, 0.29) is 11.9 Å². The molecule has 4 heteroatoms. The third kappa shape index (κ3) is 6.28. The Morgan fingerprint density at radius 2 is 1.50 bits per heavy atom. The summed E-state index contributed by atoms with van der Waals surface area (Å²) in [5.41, 5.74) is 5.09. The van der Waals surface area contributed by atoms with Crippen molar-refractivity contribution >= 4 is 5.91 Å². The minimum Gasteiger partial charge on any atom is -0.348 e. The number of carbonyl (C=O) groups excluding carboxylic acids is 1. The highest BCUT2D eigenvalue weighted by atomic mass is 16.2. The van der Waals surface area contributed by atoms with E-state index >= 15 is 0 Å². The fourth-order valence-electron chi connectivity index (χ4n) is 4.64. The number of carbonyl (C=O) groups is 1. The number of rotatable bonds is 8. The molecule has 1 amide bonds. The quantitative estimate of drug-likeness (QED) is 0.504. The molecule has 0 saturated carbocycles. The molecule has 1 atom stereocenters. The summed E-state index contributed by atoms with van der Waals surface area (Å²) in [5.74, 6) is 0.134. The molecule has 4 N–H and O–H groups in total. The summed E-state index contributed by atoms with van der Waals surface area (Å²) < 4.78 is 0. The van der Waals surface area contributed by atoms with Gasteiger partial charge in [-0.05, 0) is 6.92 Å². The molecule has 3 aromatic rings. The Hall–Kier alpha value is -2.95. The van der Waals surface area contributed by atoms with Crippen molar-refractivity contribution in [2.24, 2.45) is 0 Å². The Morgan fingerprint density at radius 1 is 0.906 bits per heavy atom. The van der Waals surface area contributed by atoms with E-state index < -0.39 is 0 Å².